The van der Waals surface area contributed by atoms with Crippen LogP contribution in [0.2, 0.25) is 0 Å². The Bertz CT molecular complexity index is 251. The van der Waals surface area contributed by atoms with Crippen molar-refractivity contribution in [2.24, 2.45) is 10.8 Å². The van der Waals surface area contributed by atoms with Gasteiger partial charge in [-0.05, 0) is 25.2 Å². The van der Waals surface area contributed by atoms with Gasteiger partial charge in [0.15, 0.2) is 0 Å². The molecule has 2 atom stereocenters. The second-order valence-corrected chi connectivity index (χ2v) is 6.84. The van der Waals surface area contributed by atoms with Gasteiger partial charge in [0.05, 0.1) is 6.10 Å². The number of hydrogen-bond acceptors (Lipinski definition) is 3. The number of methoxy groups -OCH3 is 1. The first-order valence-electron chi connectivity index (χ1n) is 7.17. The quantitative estimate of drug-likeness (QED) is 0.725. The first-order chi connectivity index (χ1) is 8.33. The second-order valence-electron chi connectivity index (χ2n) is 6.84. The molecule has 0 amide bonds. The Hall–Kier alpha value is -0.120. The zero-order valence-electron chi connectivity index (χ0n) is 13.0. The lowest BCUT2D eigenvalue weighted by Gasteiger charge is -2.52. The molecule has 3 heteroatoms. The van der Waals surface area contributed by atoms with E-state index in [9.17, 15) is 0 Å². The van der Waals surface area contributed by atoms with E-state index in [1.165, 1.54) is 0 Å². The molecule has 0 aromatic carbocycles. The van der Waals surface area contributed by atoms with Gasteiger partial charge in [-0.25, -0.2) is 0 Å². The molecule has 3 nitrogen and oxygen atoms in total. The molecule has 0 spiro atoms. The highest BCUT2D eigenvalue weighted by Crippen LogP contribution is 2.43. The van der Waals surface area contributed by atoms with E-state index in [4.69, 9.17) is 9.47 Å². The van der Waals surface area contributed by atoms with Crippen molar-refractivity contribution >= 4 is 0 Å². The monoisotopic (exact) mass is 257 g/mol. The molecule has 0 aromatic rings. The summed E-state index contributed by atoms with van der Waals surface area (Å²) < 4.78 is 10.9. The summed E-state index contributed by atoms with van der Waals surface area (Å²) in [6.45, 7) is 14.0. The van der Waals surface area contributed by atoms with E-state index in [1.54, 1.807) is 7.11 Å². The Morgan fingerprint density at radius 1 is 1.33 bits per heavy atom. The molecule has 0 heterocycles. The van der Waals surface area contributed by atoms with Crippen molar-refractivity contribution in [3.63, 3.8) is 0 Å². The Balaban J connectivity index is 2.33. The maximum atomic E-state index is 5.76. The van der Waals surface area contributed by atoms with Gasteiger partial charge in [0.1, 0.15) is 0 Å². The van der Waals surface area contributed by atoms with Gasteiger partial charge >= 0.3 is 0 Å². The van der Waals surface area contributed by atoms with Gasteiger partial charge in [0.2, 0.25) is 0 Å². The third kappa shape index (κ3) is 3.94. The zero-order valence-corrected chi connectivity index (χ0v) is 13.0. The Morgan fingerprint density at radius 2 is 2.00 bits per heavy atom. The molecule has 0 aromatic heterocycles. The number of nitrogens with one attached hydrogen (secondary N) is 1. The minimum atomic E-state index is 0.257. The predicted molar refractivity (Wildman–Crippen MR) is 75.9 cm³/mol. The highest BCUT2D eigenvalue weighted by Gasteiger charge is 2.48. The molecule has 0 radical (unpaired) electrons. The maximum absolute atomic E-state index is 5.76. The van der Waals surface area contributed by atoms with Crippen molar-refractivity contribution in [1.29, 1.82) is 0 Å². The predicted octanol–water partition coefficient (Wildman–Crippen LogP) is 2.84. The molecule has 1 rings (SSSR count). The van der Waals surface area contributed by atoms with Crippen molar-refractivity contribution in [1.82, 2.24) is 5.32 Å². The van der Waals surface area contributed by atoms with Crippen LogP contribution in [0.1, 0.15) is 47.5 Å². The van der Waals surface area contributed by atoms with Crippen LogP contribution < -0.4 is 5.32 Å². The maximum Gasteiger partial charge on any atom is 0.0655 e. The third-order valence-corrected chi connectivity index (χ3v) is 4.36. The van der Waals surface area contributed by atoms with Crippen LogP contribution in [0, 0.1) is 10.8 Å². The topological polar surface area (TPSA) is 30.5 Å². The van der Waals surface area contributed by atoms with E-state index >= 15 is 0 Å². The molecular formula is C15H31NO2. The summed E-state index contributed by atoms with van der Waals surface area (Å²) in [4.78, 5) is 0. The molecule has 0 aliphatic heterocycles. The van der Waals surface area contributed by atoms with Crippen LogP contribution >= 0.6 is 0 Å². The standard InChI is InChI=1S/C15H31NO2/c1-7-18-13-10-12(15(13,4)5)16-11-14(2,3)8-9-17-6/h12-13,16H,7-11H2,1-6H3. The Morgan fingerprint density at radius 3 is 2.50 bits per heavy atom. The SMILES string of the molecule is CCOC1CC(NCC(C)(C)CCOC)C1(C)C. The smallest absolute Gasteiger partial charge is 0.0655 e. The zero-order chi connectivity index (χ0) is 13.8. The largest absolute Gasteiger partial charge is 0.385 e. The van der Waals surface area contributed by atoms with Crippen molar-refractivity contribution in [3.05, 3.63) is 0 Å². The fraction of sp³-hybridized carbons (Fsp3) is 1.00. The first kappa shape index (κ1) is 15.9. The van der Waals surface area contributed by atoms with Crippen LogP contribution in [0.25, 0.3) is 0 Å². The summed E-state index contributed by atoms with van der Waals surface area (Å²) in [6.07, 6.45) is 2.65. The lowest BCUT2D eigenvalue weighted by molar-refractivity contribution is -0.115. The average Bonchev–Trinajstić information content (AvgIpc) is 2.30. The molecule has 1 aliphatic carbocycles. The summed E-state index contributed by atoms with van der Waals surface area (Å²) in [6, 6.07) is 0.580. The summed E-state index contributed by atoms with van der Waals surface area (Å²) in [5.74, 6) is 0. The fourth-order valence-electron chi connectivity index (χ4n) is 2.58. The highest BCUT2D eigenvalue weighted by atomic mass is 16.5. The van der Waals surface area contributed by atoms with Gasteiger partial charge in [-0.3, -0.25) is 0 Å². The Labute approximate surface area is 113 Å². The van der Waals surface area contributed by atoms with Crippen LogP contribution in [0.15, 0.2) is 0 Å². The van der Waals surface area contributed by atoms with Crippen molar-refractivity contribution < 1.29 is 9.47 Å². The van der Waals surface area contributed by atoms with E-state index in [1.807, 2.05) is 0 Å². The van der Waals surface area contributed by atoms with Gasteiger partial charge < -0.3 is 14.8 Å². The van der Waals surface area contributed by atoms with Crippen LogP contribution in [-0.4, -0.2) is 39.0 Å². The van der Waals surface area contributed by atoms with E-state index in [-0.39, 0.29) is 5.41 Å². The molecule has 0 bridgehead atoms. The van der Waals surface area contributed by atoms with Gasteiger partial charge in [0, 0.05) is 38.3 Å². The van der Waals surface area contributed by atoms with Crippen LogP contribution in [0.4, 0.5) is 0 Å². The molecule has 1 N–H and O–H groups in total. The summed E-state index contributed by atoms with van der Waals surface area (Å²) in [5, 5.41) is 3.71. The molecule has 2 unspecified atom stereocenters. The molecule has 108 valence electrons. The highest BCUT2D eigenvalue weighted by molar-refractivity contribution is 5.03. The second kappa shape index (κ2) is 6.36. The normalized spacial score (nSPS) is 27.0. The Kier molecular flexibility index (Phi) is 5.63. The minimum absolute atomic E-state index is 0.257. The lowest BCUT2D eigenvalue weighted by atomic mass is 9.64. The van der Waals surface area contributed by atoms with Crippen LogP contribution in [0.5, 0.6) is 0 Å². The number of rotatable bonds is 8. The number of hydrogen-bond donors (Lipinski definition) is 1. The van der Waals surface area contributed by atoms with Crippen molar-refractivity contribution in [3.8, 4) is 0 Å². The van der Waals surface area contributed by atoms with E-state index in [2.05, 4.69) is 39.9 Å². The van der Waals surface area contributed by atoms with E-state index in [0.717, 1.165) is 32.6 Å². The fourth-order valence-corrected chi connectivity index (χ4v) is 2.58. The molecule has 1 fully saturated rings. The van der Waals surface area contributed by atoms with Crippen molar-refractivity contribution in [2.75, 3.05) is 26.9 Å². The minimum Gasteiger partial charge on any atom is -0.385 e. The van der Waals surface area contributed by atoms with Gasteiger partial charge in [-0.2, -0.15) is 0 Å². The van der Waals surface area contributed by atoms with Gasteiger partial charge in [0.25, 0.3) is 0 Å². The lowest BCUT2D eigenvalue weighted by Crippen LogP contribution is -2.61. The van der Waals surface area contributed by atoms with Crippen LogP contribution in [-0.2, 0) is 9.47 Å². The average molecular weight is 257 g/mol. The number of ether oxygens (including phenoxy) is 2. The summed E-state index contributed by atoms with van der Waals surface area (Å²) in [5.41, 5.74) is 0.552. The van der Waals surface area contributed by atoms with Crippen molar-refractivity contribution in [2.45, 2.75) is 59.6 Å². The molecule has 1 saturated carbocycles. The van der Waals surface area contributed by atoms with Gasteiger partial charge in [-0.1, -0.05) is 27.7 Å². The van der Waals surface area contributed by atoms with Gasteiger partial charge in [-0.15, -0.1) is 0 Å². The summed E-state index contributed by atoms with van der Waals surface area (Å²) >= 11 is 0. The molecule has 18 heavy (non-hydrogen) atoms. The summed E-state index contributed by atoms with van der Waals surface area (Å²) in [7, 11) is 1.77. The third-order valence-electron chi connectivity index (χ3n) is 4.36. The molecular weight excluding hydrogens is 226 g/mol. The van der Waals surface area contributed by atoms with E-state index < -0.39 is 0 Å². The molecule has 0 saturated heterocycles. The van der Waals surface area contributed by atoms with Crippen LogP contribution in [0.3, 0.4) is 0 Å². The van der Waals surface area contributed by atoms with E-state index in [0.29, 0.717) is 17.6 Å². The first-order valence-corrected chi connectivity index (χ1v) is 7.17. The molecule has 1 aliphatic rings.